The van der Waals surface area contributed by atoms with Gasteiger partial charge < -0.3 is 24.8 Å². The normalized spacial score (nSPS) is 18.1. The van der Waals surface area contributed by atoms with E-state index in [1.165, 1.54) is 11.1 Å². The Morgan fingerprint density at radius 1 is 1.03 bits per heavy atom. The van der Waals surface area contributed by atoms with Crippen molar-refractivity contribution < 1.29 is 9.53 Å². The second-order valence-corrected chi connectivity index (χ2v) is 8.46. The van der Waals surface area contributed by atoms with E-state index in [0.29, 0.717) is 32.8 Å². The third-order valence-electron chi connectivity index (χ3n) is 6.44. The highest BCUT2D eigenvalue weighted by Gasteiger charge is 2.30. The molecule has 0 aliphatic carbocycles. The van der Waals surface area contributed by atoms with Crippen LogP contribution in [0.5, 0.6) is 0 Å². The van der Waals surface area contributed by atoms with Crippen LogP contribution in [0.4, 0.5) is 16.6 Å². The van der Waals surface area contributed by atoms with Crippen LogP contribution in [0.3, 0.4) is 0 Å². The van der Waals surface area contributed by atoms with E-state index in [4.69, 9.17) is 14.7 Å². The zero-order valence-electron chi connectivity index (χ0n) is 18.4. The lowest BCUT2D eigenvalue weighted by atomic mass is 10.0. The van der Waals surface area contributed by atoms with Crippen molar-refractivity contribution in [3.63, 3.8) is 0 Å². The number of ether oxygens (including phenoxy) is 1. The molecule has 1 aromatic heterocycles. The molecule has 1 fully saturated rings. The molecule has 0 spiro atoms. The van der Waals surface area contributed by atoms with Crippen molar-refractivity contribution in [3.8, 4) is 0 Å². The molecule has 0 unspecified atom stereocenters. The first-order valence-electron chi connectivity index (χ1n) is 11.4. The quantitative estimate of drug-likeness (QED) is 0.744. The van der Waals surface area contributed by atoms with Gasteiger partial charge in [-0.2, -0.15) is 4.98 Å². The van der Waals surface area contributed by atoms with Crippen LogP contribution < -0.4 is 15.1 Å². The third kappa shape index (κ3) is 4.14. The maximum atomic E-state index is 12.6. The average molecular weight is 435 g/mol. The molecule has 5 rings (SSSR count). The monoisotopic (exact) mass is 434 g/mol. The number of carbonyl (C=O) groups excluding carboxylic acids is 1. The van der Waals surface area contributed by atoms with Gasteiger partial charge in [-0.3, -0.25) is 0 Å². The van der Waals surface area contributed by atoms with E-state index >= 15 is 0 Å². The van der Waals surface area contributed by atoms with Gasteiger partial charge in [0.25, 0.3) is 0 Å². The molecular formula is C24H30N6O2. The molecule has 0 saturated carbocycles. The molecule has 2 amide bonds. The molecule has 3 aliphatic rings. The molecule has 2 aromatic rings. The lowest BCUT2D eigenvalue weighted by Gasteiger charge is -2.36. The van der Waals surface area contributed by atoms with Crippen LogP contribution in [0.2, 0.25) is 0 Å². The Balaban J connectivity index is 1.46. The molecule has 1 N–H and O–H groups in total. The van der Waals surface area contributed by atoms with Crippen LogP contribution in [0.15, 0.2) is 36.9 Å². The molecule has 168 valence electrons. The summed E-state index contributed by atoms with van der Waals surface area (Å²) in [6.45, 7) is 10.0. The first-order chi connectivity index (χ1) is 15.7. The third-order valence-corrected chi connectivity index (χ3v) is 6.44. The second kappa shape index (κ2) is 9.16. The van der Waals surface area contributed by atoms with E-state index in [0.717, 1.165) is 62.0 Å². The van der Waals surface area contributed by atoms with Gasteiger partial charge in [0.05, 0.1) is 25.5 Å². The standard InChI is InChI=1S/C24H30N6O2/c1-2-9-25-24(31)30-11-8-21-20(17-30)22(28-12-14-32-15-13-28)27-23(26-21)29-10-7-18-5-3-4-6-19(18)16-29/h2-6H,1,7-17H2,(H,25,31). The summed E-state index contributed by atoms with van der Waals surface area (Å²) >= 11 is 0. The molecule has 0 atom stereocenters. The Morgan fingerprint density at radius 3 is 2.66 bits per heavy atom. The number of morpholine rings is 1. The number of aromatic nitrogens is 2. The number of rotatable bonds is 4. The first kappa shape index (κ1) is 20.8. The van der Waals surface area contributed by atoms with Gasteiger partial charge in [-0.15, -0.1) is 6.58 Å². The van der Waals surface area contributed by atoms with E-state index in [1.807, 2.05) is 4.90 Å². The lowest BCUT2D eigenvalue weighted by Crippen LogP contribution is -2.45. The molecular weight excluding hydrogens is 404 g/mol. The van der Waals surface area contributed by atoms with Crippen molar-refractivity contribution in [2.45, 2.75) is 25.9 Å². The topological polar surface area (TPSA) is 73.8 Å². The van der Waals surface area contributed by atoms with Gasteiger partial charge in [0.2, 0.25) is 5.95 Å². The zero-order chi connectivity index (χ0) is 21.9. The summed E-state index contributed by atoms with van der Waals surface area (Å²) in [4.78, 5) is 29.1. The summed E-state index contributed by atoms with van der Waals surface area (Å²) in [6.07, 6.45) is 3.43. The highest BCUT2D eigenvalue weighted by Crippen LogP contribution is 2.31. The molecule has 1 saturated heterocycles. The number of anilines is 2. The number of benzene rings is 1. The summed E-state index contributed by atoms with van der Waals surface area (Å²) in [5.74, 6) is 1.75. The first-order valence-corrected chi connectivity index (χ1v) is 11.4. The van der Waals surface area contributed by atoms with Gasteiger partial charge in [-0.1, -0.05) is 30.3 Å². The predicted molar refractivity (Wildman–Crippen MR) is 124 cm³/mol. The second-order valence-electron chi connectivity index (χ2n) is 8.46. The summed E-state index contributed by atoms with van der Waals surface area (Å²) in [5.41, 5.74) is 4.88. The number of nitrogens with zero attached hydrogens (tertiary/aromatic N) is 5. The van der Waals surface area contributed by atoms with Crippen LogP contribution in [-0.2, 0) is 30.7 Å². The molecule has 0 bridgehead atoms. The molecule has 8 nitrogen and oxygen atoms in total. The maximum absolute atomic E-state index is 12.6. The minimum atomic E-state index is -0.0693. The fourth-order valence-corrected chi connectivity index (χ4v) is 4.67. The highest BCUT2D eigenvalue weighted by atomic mass is 16.5. The van der Waals surface area contributed by atoms with Crippen LogP contribution >= 0.6 is 0 Å². The van der Waals surface area contributed by atoms with E-state index in [2.05, 4.69) is 46.0 Å². The van der Waals surface area contributed by atoms with Crippen molar-refractivity contribution >= 4 is 17.8 Å². The van der Waals surface area contributed by atoms with Gasteiger partial charge in [-0.05, 0) is 17.5 Å². The minimum Gasteiger partial charge on any atom is -0.378 e. The number of fused-ring (bicyclic) bond motifs is 2. The maximum Gasteiger partial charge on any atom is 0.317 e. The Labute approximate surface area is 188 Å². The summed E-state index contributed by atoms with van der Waals surface area (Å²) < 4.78 is 5.58. The highest BCUT2D eigenvalue weighted by molar-refractivity contribution is 5.75. The van der Waals surface area contributed by atoms with Crippen LogP contribution in [0.25, 0.3) is 0 Å². The van der Waals surface area contributed by atoms with Crippen molar-refractivity contribution in [2.75, 3.05) is 55.7 Å². The van der Waals surface area contributed by atoms with Gasteiger partial charge >= 0.3 is 6.03 Å². The summed E-state index contributed by atoms with van der Waals surface area (Å²) in [7, 11) is 0. The zero-order valence-corrected chi connectivity index (χ0v) is 18.4. The average Bonchev–Trinajstić information content (AvgIpc) is 2.86. The molecule has 8 heteroatoms. The van der Waals surface area contributed by atoms with Crippen LogP contribution in [0.1, 0.15) is 22.4 Å². The number of hydrogen-bond acceptors (Lipinski definition) is 6. The van der Waals surface area contributed by atoms with E-state index < -0.39 is 0 Å². The number of urea groups is 1. The van der Waals surface area contributed by atoms with Gasteiger partial charge in [-0.25, -0.2) is 9.78 Å². The predicted octanol–water partition coefficient (Wildman–Crippen LogP) is 2.13. The summed E-state index contributed by atoms with van der Waals surface area (Å²) in [5, 5.41) is 2.89. The number of hydrogen-bond donors (Lipinski definition) is 1. The van der Waals surface area contributed by atoms with E-state index in [-0.39, 0.29) is 6.03 Å². The lowest BCUT2D eigenvalue weighted by molar-refractivity contribution is 0.122. The number of nitrogens with one attached hydrogen (secondary N) is 1. The molecule has 0 radical (unpaired) electrons. The summed E-state index contributed by atoms with van der Waals surface area (Å²) in [6, 6.07) is 8.55. The van der Waals surface area contributed by atoms with E-state index in [1.54, 1.807) is 6.08 Å². The SMILES string of the molecule is C=CCNC(=O)N1CCc2nc(N3CCc4ccccc4C3)nc(N3CCOCC3)c2C1. The van der Waals surface area contributed by atoms with Crippen LogP contribution in [-0.4, -0.2) is 66.8 Å². The van der Waals surface area contributed by atoms with Crippen molar-refractivity contribution in [1.29, 1.82) is 0 Å². The fourth-order valence-electron chi connectivity index (χ4n) is 4.67. The van der Waals surface area contributed by atoms with Crippen molar-refractivity contribution in [3.05, 3.63) is 59.3 Å². The van der Waals surface area contributed by atoms with Crippen LogP contribution in [0, 0.1) is 0 Å². The Bertz CT molecular complexity index is 1000. The fraction of sp³-hybridized carbons (Fsp3) is 0.458. The molecule has 32 heavy (non-hydrogen) atoms. The van der Waals surface area contributed by atoms with Crippen molar-refractivity contribution in [2.24, 2.45) is 0 Å². The van der Waals surface area contributed by atoms with E-state index in [9.17, 15) is 4.79 Å². The van der Waals surface area contributed by atoms with Gasteiger partial charge in [0.15, 0.2) is 0 Å². The Kier molecular flexibility index (Phi) is 5.94. The van der Waals surface area contributed by atoms with Gasteiger partial charge in [0.1, 0.15) is 5.82 Å². The minimum absolute atomic E-state index is 0.0693. The Hall–Kier alpha value is -3.13. The Morgan fingerprint density at radius 2 is 1.84 bits per heavy atom. The van der Waals surface area contributed by atoms with Gasteiger partial charge in [0, 0.05) is 51.3 Å². The number of carbonyl (C=O) groups is 1. The van der Waals surface area contributed by atoms with Crippen molar-refractivity contribution in [1.82, 2.24) is 20.2 Å². The molecule has 4 heterocycles. The smallest absolute Gasteiger partial charge is 0.317 e. The number of amides is 2. The molecule has 1 aromatic carbocycles. The largest absolute Gasteiger partial charge is 0.378 e. The molecule has 3 aliphatic heterocycles.